The predicted octanol–water partition coefficient (Wildman–Crippen LogP) is 7.74. The molecule has 8 saturated carbocycles. The third-order valence-corrected chi connectivity index (χ3v) is 11.5. The first kappa shape index (κ1) is 18.0. The highest BCUT2D eigenvalue weighted by Crippen LogP contribution is 2.64. The van der Waals surface area contributed by atoms with Crippen molar-refractivity contribution in [2.75, 3.05) is 0 Å². The monoisotopic (exact) mass is 584 g/mol. The van der Waals surface area contributed by atoms with Crippen LogP contribution >= 0.6 is 63.7 Å². The number of hydrogen-bond donors (Lipinski definition) is 0. The van der Waals surface area contributed by atoms with E-state index in [9.17, 15) is 0 Å². The van der Waals surface area contributed by atoms with Gasteiger partial charge in [-0.25, -0.2) is 0 Å². The quantitative estimate of drug-likeness (QED) is 0.254. The summed E-state index contributed by atoms with van der Waals surface area (Å²) in [4.78, 5) is 0. The van der Waals surface area contributed by atoms with Gasteiger partial charge in [0.1, 0.15) is 0 Å². The highest BCUT2D eigenvalue weighted by Gasteiger charge is 2.56. The fourth-order valence-corrected chi connectivity index (χ4v) is 14.6. The zero-order valence-electron chi connectivity index (χ0n) is 14.3. The van der Waals surface area contributed by atoms with Gasteiger partial charge in [0.15, 0.2) is 0 Å². The minimum atomic E-state index is 0.528. The molecule has 0 atom stereocenters. The molecule has 0 saturated heterocycles. The second kappa shape index (κ2) is 5.72. The zero-order chi connectivity index (χ0) is 16.8. The van der Waals surface area contributed by atoms with Gasteiger partial charge in [0.25, 0.3) is 0 Å². The molecule has 0 aromatic heterocycles. The van der Waals surface area contributed by atoms with Crippen LogP contribution in [0.15, 0.2) is 0 Å². The Kier molecular flexibility index (Phi) is 4.29. The van der Waals surface area contributed by atoms with E-state index in [0.717, 1.165) is 23.7 Å². The van der Waals surface area contributed by atoms with Gasteiger partial charge < -0.3 is 0 Å². The third kappa shape index (κ3) is 3.28. The highest BCUT2D eigenvalue weighted by atomic mass is 79.9. The lowest BCUT2D eigenvalue weighted by Crippen LogP contribution is -2.53. The SMILES string of the molecule is BrC12CC3CC(C1)CC(Br)(C3)C2.BrC12CC3CC(C1)CC(Br)(C3)C2. The molecule has 0 amide bonds. The maximum Gasteiger partial charge on any atom is 0.0276 e. The summed E-state index contributed by atoms with van der Waals surface area (Å²) < 4.78 is 2.11. The van der Waals surface area contributed by atoms with Gasteiger partial charge in [-0.3, -0.25) is 0 Å². The van der Waals surface area contributed by atoms with Gasteiger partial charge in [-0.15, -0.1) is 0 Å². The molecule has 0 aromatic carbocycles. The van der Waals surface area contributed by atoms with Gasteiger partial charge in [0.05, 0.1) is 0 Å². The minimum absolute atomic E-state index is 0.528. The maximum absolute atomic E-state index is 3.96. The minimum Gasteiger partial charge on any atom is -0.0853 e. The molecule has 8 aliphatic carbocycles. The van der Waals surface area contributed by atoms with E-state index in [0.29, 0.717) is 17.3 Å². The van der Waals surface area contributed by atoms with Gasteiger partial charge >= 0.3 is 0 Å². The summed E-state index contributed by atoms with van der Waals surface area (Å²) in [5, 5.41) is 0. The van der Waals surface area contributed by atoms with Crippen LogP contribution in [-0.2, 0) is 0 Å². The van der Waals surface area contributed by atoms with E-state index < -0.39 is 0 Å². The standard InChI is InChI=1S/2C10H14Br2/c2*11-9-2-7-1-8(4-9)5-10(12,3-7)6-9/h2*7-8H,1-6H2. The summed E-state index contributed by atoms with van der Waals surface area (Å²) >= 11 is 15.8. The molecular weight excluding hydrogens is 560 g/mol. The van der Waals surface area contributed by atoms with E-state index >= 15 is 0 Å². The molecule has 0 aliphatic heterocycles. The van der Waals surface area contributed by atoms with Crippen LogP contribution in [0.1, 0.15) is 77.0 Å². The maximum atomic E-state index is 3.96. The number of alkyl halides is 4. The van der Waals surface area contributed by atoms with Crippen molar-refractivity contribution in [2.24, 2.45) is 23.7 Å². The van der Waals surface area contributed by atoms with Crippen LogP contribution in [0, 0.1) is 23.7 Å². The van der Waals surface area contributed by atoms with Crippen molar-refractivity contribution in [1.29, 1.82) is 0 Å². The van der Waals surface area contributed by atoms with Crippen molar-refractivity contribution >= 4 is 63.7 Å². The number of hydrogen-bond acceptors (Lipinski definition) is 0. The van der Waals surface area contributed by atoms with Crippen molar-refractivity contribution in [3.05, 3.63) is 0 Å². The molecule has 0 heterocycles. The smallest absolute Gasteiger partial charge is 0.0276 e. The van der Waals surface area contributed by atoms with Crippen LogP contribution in [-0.4, -0.2) is 17.3 Å². The number of rotatable bonds is 0. The van der Waals surface area contributed by atoms with Crippen LogP contribution in [0.5, 0.6) is 0 Å². The van der Waals surface area contributed by atoms with Crippen LogP contribution in [0.25, 0.3) is 0 Å². The Balaban J connectivity index is 0.000000109. The van der Waals surface area contributed by atoms with Crippen LogP contribution in [0.2, 0.25) is 0 Å². The largest absolute Gasteiger partial charge is 0.0853 e. The van der Waals surface area contributed by atoms with Crippen LogP contribution < -0.4 is 0 Å². The van der Waals surface area contributed by atoms with Crippen molar-refractivity contribution in [3.8, 4) is 0 Å². The van der Waals surface area contributed by atoms with Crippen molar-refractivity contribution in [2.45, 2.75) is 94.3 Å². The molecule has 8 bridgehead atoms. The molecule has 24 heavy (non-hydrogen) atoms. The summed E-state index contributed by atoms with van der Waals surface area (Å²) in [6, 6.07) is 0. The average molecular weight is 588 g/mol. The molecule has 0 N–H and O–H groups in total. The molecule has 8 aliphatic rings. The molecule has 8 fully saturated rings. The first-order valence-corrected chi connectivity index (χ1v) is 13.1. The second-order valence-electron chi connectivity index (χ2n) is 10.5. The van der Waals surface area contributed by atoms with E-state index in [2.05, 4.69) is 63.7 Å². The van der Waals surface area contributed by atoms with Gasteiger partial charge in [-0.1, -0.05) is 63.7 Å². The predicted molar refractivity (Wildman–Crippen MR) is 116 cm³/mol. The lowest BCUT2D eigenvalue weighted by Gasteiger charge is -2.58. The Hall–Kier alpha value is 1.92. The Morgan fingerprint density at radius 1 is 0.417 bits per heavy atom. The molecule has 136 valence electrons. The van der Waals surface area contributed by atoms with Crippen LogP contribution in [0.4, 0.5) is 0 Å². The molecule has 0 spiro atoms. The average Bonchev–Trinajstić information content (AvgIpc) is 2.29. The first-order chi connectivity index (χ1) is 11.1. The zero-order valence-corrected chi connectivity index (χ0v) is 20.7. The molecule has 0 nitrogen and oxygen atoms in total. The van der Waals surface area contributed by atoms with Gasteiger partial charge in [0, 0.05) is 17.3 Å². The van der Waals surface area contributed by atoms with Crippen LogP contribution in [0.3, 0.4) is 0 Å². The second-order valence-corrected chi connectivity index (χ2v) is 17.3. The fourth-order valence-electron chi connectivity index (χ4n) is 8.08. The Labute approximate surface area is 180 Å². The molecule has 0 radical (unpaired) electrons. The Morgan fingerprint density at radius 2 is 0.625 bits per heavy atom. The van der Waals surface area contributed by atoms with Gasteiger partial charge in [-0.2, -0.15) is 0 Å². The lowest BCUT2D eigenvalue weighted by molar-refractivity contribution is 0.0637. The van der Waals surface area contributed by atoms with E-state index in [4.69, 9.17) is 0 Å². The van der Waals surface area contributed by atoms with E-state index in [1.54, 1.807) is 0 Å². The molecule has 0 unspecified atom stereocenters. The number of halogens is 4. The van der Waals surface area contributed by atoms with Crippen molar-refractivity contribution < 1.29 is 0 Å². The molecular formula is C20H28Br4. The summed E-state index contributed by atoms with van der Waals surface area (Å²) in [5.41, 5.74) is 0. The topological polar surface area (TPSA) is 0 Å². The summed E-state index contributed by atoms with van der Waals surface area (Å²) in [7, 11) is 0. The summed E-state index contributed by atoms with van der Waals surface area (Å²) in [5.74, 6) is 4.07. The lowest BCUT2D eigenvalue weighted by atomic mass is 9.56. The fraction of sp³-hybridized carbons (Fsp3) is 1.00. The van der Waals surface area contributed by atoms with Gasteiger partial charge in [-0.05, 0) is 101 Å². The normalized spacial score (nSPS) is 62.5. The highest BCUT2D eigenvalue weighted by molar-refractivity contribution is 9.11. The van der Waals surface area contributed by atoms with E-state index in [1.165, 1.54) is 77.0 Å². The molecule has 0 aromatic rings. The summed E-state index contributed by atoms with van der Waals surface area (Å²) in [6.07, 6.45) is 17.3. The first-order valence-electron chi connectivity index (χ1n) is 9.90. The van der Waals surface area contributed by atoms with Crippen molar-refractivity contribution in [3.63, 3.8) is 0 Å². The third-order valence-electron chi connectivity index (χ3n) is 7.84. The molecule has 4 heteroatoms. The Bertz CT molecular complexity index is 428. The molecule has 8 rings (SSSR count). The van der Waals surface area contributed by atoms with Gasteiger partial charge in [0.2, 0.25) is 0 Å². The summed E-state index contributed by atoms with van der Waals surface area (Å²) in [6.45, 7) is 0. The van der Waals surface area contributed by atoms with Crippen molar-refractivity contribution in [1.82, 2.24) is 0 Å². The Morgan fingerprint density at radius 3 is 0.792 bits per heavy atom. The van der Waals surface area contributed by atoms with E-state index in [-0.39, 0.29) is 0 Å². The van der Waals surface area contributed by atoms with E-state index in [1.807, 2.05) is 0 Å².